The van der Waals surface area contributed by atoms with Gasteiger partial charge in [-0.2, -0.15) is 0 Å². The fourth-order valence-electron chi connectivity index (χ4n) is 1.36. The maximum Gasteiger partial charge on any atom is 0.0194 e. The topological polar surface area (TPSA) is 0 Å². The number of alkyl halides is 1. The minimum absolute atomic E-state index is 0.678. The highest BCUT2D eigenvalue weighted by atomic mass is 79.9. The van der Waals surface area contributed by atoms with Crippen LogP contribution in [0, 0.1) is 0 Å². The molecule has 13 heavy (non-hydrogen) atoms. The smallest absolute Gasteiger partial charge is 0.0194 e. The summed E-state index contributed by atoms with van der Waals surface area (Å²) in [4.78, 5) is 2.18. The van der Waals surface area contributed by atoms with Crippen LogP contribution in [0.1, 0.15) is 37.5 Å². The van der Waals surface area contributed by atoms with Gasteiger partial charge < -0.3 is 0 Å². The van der Waals surface area contributed by atoms with Gasteiger partial charge in [-0.15, -0.1) is 11.3 Å². The maximum absolute atomic E-state index is 3.74. The van der Waals surface area contributed by atoms with Crippen molar-refractivity contribution in [1.29, 1.82) is 0 Å². The summed E-state index contributed by atoms with van der Waals surface area (Å²) in [5.74, 6) is 0. The van der Waals surface area contributed by atoms with Crippen molar-refractivity contribution in [1.82, 2.24) is 0 Å². The minimum atomic E-state index is 0.678. The molecule has 1 unspecified atom stereocenters. The van der Waals surface area contributed by atoms with Crippen LogP contribution in [0.15, 0.2) is 17.5 Å². The molecule has 0 bridgehead atoms. The van der Waals surface area contributed by atoms with E-state index in [-0.39, 0.29) is 0 Å². The minimum Gasteiger partial charge on any atom is -0.149 e. The predicted molar refractivity (Wildman–Crippen MR) is 64.9 cm³/mol. The van der Waals surface area contributed by atoms with Crippen molar-refractivity contribution < 1.29 is 0 Å². The second-order valence-electron chi connectivity index (χ2n) is 3.38. The van der Waals surface area contributed by atoms with Crippen molar-refractivity contribution in [3.8, 4) is 0 Å². The van der Waals surface area contributed by atoms with Crippen LogP contribution in [0.4, 0.5) is 0 Å². The summed E-state index contributed by atoms with van der Waals surface area (Å²) in [6, 6.07) is 4.35. The largest absolute Gasteiger partial charge is 0.149 e. The van der Waals surface area contributed by atoms with Crippen LogP contribution in [-0.4, -0.2) is 4.83 Å². The Kier molecular flexibility index (Phi) is 5.72. The van der Waals surface area contributed by atoms with Crippen LogP contribution >= 0.6 is 27.3 Å². The maximum atomic E-state index is 3.74. The second-order valence-corrected chi connectivity index (χ2v) is 5.70. The molecule has 2 heteroatoms. The van der Waals surface area contributed by atoms with E-state index in [1.54, 1.807) is 0 Å². The second kappa shape index (κ2) is 6.61. The van der Waals surface area contributed by atoms with E-state index in [0.29, 0.717) is 4.83 Å². The molecule has 0 nitrogen and oxygen atoms in total. The molecule has 0 saturated heterocycles. The first-order valence-corrected chi connectivity index (χ1v) is 6.79. The third kappa shape index (κ3) is 4.82. The van der Waals surface area contributed by atoms with E-state index >= 15 is 0 Å². The Balaban J connectivity index is 2.14. The third-order valence-electron chi connectivity index (χ3n) is 2.12. The summed E-state index contributed by atoms with van der Waals surface area (Å²) in [6.07, 6.45) is 6.55. The summed E-state index contributed by atoms with van der Waals surface area (Å²) < 4.78 is 0. The van der Waals surface area contributed by atoms with Gasteiger partial charge in [-0.3, -0.25) is 0 Å². The van der Waals surface area contributed by atoms with Gasteiger partial charge in [-0.05, 0) is 24.3 Å². The van der Waals surface area contributed by atoms with Crippen LogP contribution in [0.25, 0.3) is 0 Å². The van der Waals surface area contributed by atoms with Crippen LogP contribution < -0.4 is 0 Å². The molecule has 0 fully saturated rings. The Labute approximate surface area is 93.5 Å². The van der Waals surface area contributed by atoms with Crippen molar-refractivity contribution >= 4 is 27.3 Å². The molecule has 0 aliphatic carbocycles. The molecule has 1 heterocycles. The fourth-order valence-corrected chi connectivity index (χ4v) is 3.04. The van der Waals surface area contributed by atoms with Crippen molar-refractivity contribution in [2.24, 2.45) is 0 Å². The van der Waals surface area contributed by atoms with E-state index < -0.39 is 0 Å². The lowest BCUT2D eigenvalue weighted by atomic mass is 10.1. The molecule has 1 aromatic heterocycles. The summed E-state index contributed by atoms with van der Waals surface area (Å²) in [7, 11) is 0. The van der Waals surface area contributed by atoms with Crippen LogP contribution in [0.5, 0.6) is 0 Å². The van der Waals surface area contributed by atoms with Crippen LogP contribution in [-0.2, 0) is 6.42 Å². The number of hydrogen-bond acceptors (Lipinski definition) is 1. The molecular formula is C11H17BrS. The zero-order chi connectivity index (χ0) is 9.52. The quantitative estimate of drug-likeness (QED) is 0.517. The molecule has 0 aliphatic heterocycles. The standard InChI is InChI=1S/C11H17BrS/c1-2-3-4-6-10(12)9-11-7-5-8-13-11/h5,7-8,10H,2-4,6,9H2,1H3. The normalized spacial score (nSPS) is 13.1. The molecule has 1 atom stereocenters. The third-order valence-corrected chi connectivity index (χ3v) is 3.80. The van der Waals surface area contributed by atoms with E-state index in [0.717, 1.165) is 0 Å². The molecular weight excluding hydrogens is 244 g/mol. The molecule has 0 aliphatic rings. The van der Waals surface area contributed by atoms with E-state index in [1.807, 2.05) is 11.3 Å². The Morgan fingerprint density at radius 3 is 2.92 bits per heavy atom. The van der Waals surface area contributed by atoms with Gasteiger partial charge in [0, 0.05) is 9.70 Å². The molecule has 1 aromatic rings. The first-order valence-electron chi connectivity index (χ1n) is 4.99. The number of unbranched alkanes of at least 4 members (excludes halogenated alkanes) is 2. The lowest BCUT2D eigenvalue weighted by Gasteiger charge is -2.06. The van der Waals surface area contributed by atoms with Crippen molar-refractivity contribution in [2.45, 2.75) is 43.9 Å². The van der Waals surface area contributed by atoms with Gasteiger partial charge in [-0.25, -0.2) is 0 Å². The molecule has 0 amide bonds. The van der Waals surface area contributed by atoms with E-state index in [2.05, 4.69) is 40.4 Å². The highest BCUT2D eigenvalue weighted by Gasteiger charge is 2.05. The van der Waals surface area contributed by atoms with E-state index in [9.17, 15) is 0 Å². The molecule has 0 radical (unpaired) electrons. The van der Waals surface area contributed by atoms with Crippen molar-refractivity contribution in [3.05, 3.63) is 22.4 Å². The molecule has 1 rings (SSSR count). The fraction of sp³-hybridized carbons (Fsp3) is 0.636. The van der Waals surface area contributed by atoms with E-state index in [1.165, 1.54) is 37.0 Å². The molecule has 0 saturated carbocycles. The van der Waals surface area contributed by atoms with Gasteiger partial charge in [-0.1, -0.05) is 48.2 Å². The summed E-state index contributed by atoms with van der Waals surface area (Å²) in [5, 5.41) is 2.15. The van der Waals surface area contributed by atoms with Crippen LogP contribution in [0.3, 0.4) is 0 Å². The molecule has 0 aromatic carbocycles. The van der Waals surface area contributed by atoms with Gasteiger partial charge in [0.05, 0.1) is 0 Å². The van der Waals surface area contributed by atoms with Gasteiger partial charge in [0.25, 0.3) is 0 Å². The van der Waals surface area contributed by atoms with Gasteiger partial charge in [0.1, 0.15) is 0 Å². The predicted octanol–water partition coefficient (Wildman–Crippen LogP) is 4.63. The zero-order valence-corrected chi connectivity index (χ0v) is 10.5. The molecule has 0 spiro atoms. The Hall–Kier alpha value is 0.180. The summed E-state index contributed by atoms with van der Waals surface area (Å²) >= 11 is 5.60. The Morgan fingerprint density at radius 2 is 2.31 bits per heavy atom. The van der Waals surface area contributed by atoms with Gasteiger partial charge in [0.2, 0.25) is 0 Å². The number of rotatable bonds is 6. The van der Waals surface area contributed by atoms with Gasteiger partial charge >= 0.3 is 0 Å². The average Bonchev–Trinajstić information content (AvgIpc) is 2.57. The molecule has 74 valence electrons. The summed E-state index contributed by atoms with van der Waals surface area (Å²) in [6.45, 7) is 2.25. The van der Waals surface area contributed by atoms with Gasteiger partial charge in [0.15, 0.2) is 0 Å². The lowest BCUT2D eigenvalue weighted by Crippen LogP contribution is -2.00. The van der Waals surface area contributed by atoms with Crippen LogP contribution in [0.2, 0.25) is 0 Å². The Morgan fingerprint density at radius 1 is 1.46 bits per heavy atom. The monoisotopic (exact) mass is 260 g/mol. The highest BCUT2D eigenvalue weighted by Crippen LogP contribution is 2.19. The number of thiophene rings is 1. The molecule has 0 N–H and O–H groups in total. The highest BCUT2D eigenvalue weighted by molar-refractivity contribution is 9.09. The van der Waals surface area contributed by atoms with Crippen molar-refractivity contribution in [3.63, 3.8) is 0 Å². The summed E-state index contributed by atoms with van der Waals surface area (Å²) in [5.41, 5.74) is 0. The SMILES string of the molecule is CCCCCC(Br)Cc1cccs1. The zero-order valence-electron chi connectivity index (χ0n) is 8.13. The van der Waals surface area contributed by atoms with E-state index in [4.69, 9.17) is 0 Å². The number of halogens is 1. The lowest BCUT2D eigenvalue weighted by molar-refractivity contribution is 0.650. The first-order chi connectivity index (χ1) is 6.33. The first kappa shape index (κ1) is 11.3. The van der Waals surface area contributed by atoms with Crippen molar-refractivity contribution in [2.75, 3.05) is 0 Å². The number of hydrogen-bond donors (Lipinski definition) is 0. The Bertz CT molecular complexity index is 206. The average molecular weight is 261 g/mol.